The Morgan fingerprint density at radius 1 is 1.14 bits per heavy atom. The first-order valence-electron chi connectivity index (χ1n) is 14.5. The maximum atomic E-state index is 13.7. The number of aliphatic hydroxyl groups excluding tert-OH is 1. The highest BCUT2D eigenvalue weighted by Crippen LogP contribution is 2.31. The van der Waals surface area contributed by atoms with Gasteiger partial charge in [-0.1, -0.05) is 19.1 Å². The highest BCUT2D eigenvalue weighted by molar-refractivity contribution is 6.00. The van der Waals surface area contributed by atoms with Crippen molar-refractivity contribution in [1.29, 1.82) is 0 Å². The van der Waals surface area contributed by atoms with Gasteiger partial charge in [-0.05, 0) is 49.9 Å². The summed E-state index contributed by atoms with van der Waals surface area (Å²) >= 11 is 0. The molecule has 42 heavy (non-hydrogen) atoms. The van der Waals surface area contributed by atoms with Gasteiger partial charge < -0.3 is 29.9 Å². The Hall–Kier alpha value is -3.51. The van der Waals surface area contributed by atoms with Crippen molar-refractivity contribution >= 4 is 23.5 Å². The summed E-state index contributed by atoms with van der Waals surface area (Å²) in [7, 11) is 1.97. The van der Waals surface area contributed by atoms with Gasteiger partial charge in [0.15, 0.2) is 0 Å². The summed E-state index contributed by atoms with van der Waals surface area (Å²) < 4.78 is 11.8. The highest BCUT2D eigenvalue weighted by Gasteiger charge is 2.33. The Bertz CT molecular complexity index is 1230. The zero-order valence-electron chi connectivity index (χ0n) is 24.6. The van der Waals surface area contributed by atoms with E-state index in [4.69, 9.17) is 14.6 Å². The molecule has 3 N–H and O–H groups in total. The SMILES string of the molecule is C[C@@H]1CN([C@H](C)CO)C(=O)c2cc(NC(=O)CCN3CCOCC3)ccc2O[C@H]1CN(C)Cc1ccc(C(=O)O)cc1. The third kappa shape index (κ3) is 8.28. The number of ether oxygens (including phenoxy) is 2. The quantitative estimate of drug-likeness (QED) is 0.365. The third-order valence-corrected chi connectivity index (χ3v) is 7.85. The Morgan fingerprint density at radius 3 is 2.52 bits per heavy atom. The fraction of sp³-hybridized carbons (Fsp3) is 0.516. The van der Waals surface area contributed by atoms with Crippen LogP contribution in [0.5, 0.6) is 5.75 Å². The topological polar surface area (TPSA) is 132 Å². The minimum absolute atomic E-state index is 0.0486. The average Bonchev–Trinajstić information content (AvgIpc) is 2.98. The van der Waals surface area contributed by atoms with Crippen molar-refractivity contribution in [3.63, 3.8) is 0 Å². The lowest BCUT2D eigenvalue weighted by Crippen LogP contribution is -2.49. The number of hydrogen-bond donors (Lipinski definition) is 3. The van der Waals surface area contributed by atoms with Crippen molar-refractivity contribution in [3.05, 3.63) is 59.2 Å². The summed E-state index contributed by atoms with van der Waals surface area (Å²) in [6, 6.07) is 11.5. The summed E-state index contributed by atoms with van der Waals surface area (Å²) in [4.78, 5) is 43.6. The van der Waals surface area contributed by atoms with Gasteiger partial charge in [0.25, 0.3) is 5.91 Å². The van der Waals surface area contributed by atoms with Crippen LogP contribution in [0.25, 0.3) is 0 Å². The van der Waals surface area contributed by atoms with Crippen molar-refractivity contribution in [2.24, 2.45) is 5.92 Å². The molecule has 2 aliphatic rings. The summed E-state index contributed by atoms with van der Waals surface area (Å²) in [5, 5.41) is 22.0. The monoisotopic (exact) mass is 582 g/mol. The van der Waals surface area contributed by atoms with Crippen LogP contribution in [-0.4, -0.2) is 114 Å². The second kappa shape index (κ2) is 14.6. The second-order valence-electron chi connectivity index (χ2n) is 11.3. The zero-order chi connectivity index (χ0) is 30.2. The molecule has 2 amide bonds. The van der Waals surface area contributed by atoms with E-state index in [2.05, 4.69) is 15.1 Å². The number of nitrogens with zero attached hydrogens (tertiary/aromatic N) is 3. The van der Waals surface area contributed by atoms with Crippen LogP contribution in [-0.2, 0) is 16.1 Å². The Morgan fingerprint density at radius 2 is 1.86 bits per heavy atom. The van der Waals surface area contributed by atoms with E-state index in [9.17, 15) is 19.5 Å². The number of carbonyl (C=O) groups excluding carboxylic acids is 2. The first kappa shape index (κ1) is 31.4. The number of carbonyl (C=O) groups is 3. The van der Waals surface area contributed by atoms with Gasteiger partial charge in [-0.25, -0.2) is 4.79 Å². The maximum absolute atomic E-state index is 13.7. The van der Waals surface area contributed by atoms with Gasteiger partial charge in [0.1, 0.15) is 11.9 Å². The van der Waals surface area contributed by atoms with E-state index >= 15 is 0 Å². The summed E-state index contributed by atoms with van der Waals surface area (Å²) in [6.45, 7) is 8.79. The molecule has 2 heterocycles. The van der Waals surface area contributed by atoms with Crippen molar-refractivity contribution < 1.29 is 34.1 Å². The largest absolute Gasteiger partial charge is 0.488 e. The Labute approximate surface area is 247 Å². The van der Waals surface area contributed by atoms with E-state index in [0.29, 0.717) is 62.8 Å². The fourth-order valence-electron chi connectivity index (χ4n) is 5.26. The van der Waals surface area contributed by atoms with Crippen molar-refractivity contribution in [1.82, 2.24) is 14.7 Å². The van der Waals surface area contributed by atoms with Crippen LogP contribution in [0, 0.1) is 5.92 Å². The van der Waals surface area contributed by atoms with Crippen LogP contribution in [0.2, 0.25) is 0 Å². The van der Waals surface area contributed by atoms with E-state index in [-0.39, 0.29) is 36.0 Å². The predicted octanol–water partition coefficient (Wildman–Crippen LogP) is 2.40. The first-order chi connectivity index (χ1) is 20.1. The molecule has 2 aromatic rings. The number of amides is 2. The lowest BCUT2D eigenvalue weighted by molar-refractivity contribution is -0.116. The molecule has 0 unspecified atom stereocenters. The number of fused-ring (bicyclic) bond motifs is 1. The predicted molar refractivity (Wildman–Crippen MR) is 158 cm³/mol. The molecule has 0 spiro atoms. The molecule has 11 nitrogen and oxygen atoms in total. The van der Waals surface area contributed by atoms with Crippen LogP contribution in [0.3, 0.4) is 0 Å². The van der Waals surface area contributed by atoms with Gasteiger partial charge in [0.05, 0.1) is 37.0 Å². The number of nitrogens with one attached hydrogen (secondary N) is 1. The van der Waals surface area contributed by atoms with Gasteiger partial charge in [-0.2, -0.15) is 0 Å². The molecule has 2 aliphatic heterocycles. The maximum Gasteiger partial charge on any atom is 0.335 e. The zero-order valence-corrected chi connectivity index (χ0v) is 24.6. The van der Waals surface area contributed by atoms with E-state index in [1.54, 1.807) is 47.4 Å². The average molecular weight is 583 g/mol. The lowest BCUT2D eigenvalue weighted by Gasteiger charge is -2.38. The Kier molecular flexibility index (Phi) is 10.9. The van der Waals surface area contributed by atoms with Crippen LogP contribution in [0.15, 0.2) is 42.5 Å². The molecule has 0 aliphatic carbocycles. The van der Waals surface area contributed by atoms with Crippen molar-refractivity contribution in [2.75, 3.05) is 64.9 Å². The van der Waals surface area contributed by atoms with E-state index in [0.717, 1.165) is 18.7 Å². The molecule has 1 saturated heterocycles. The van der Waals surface area contributed by atoms with Gasteiger partial charge in [-0.15, -0.1) is 0 Å². The van der Waals surface area contributed by atoms with Gasteiger partial charge in [0.2, 0.25) is 5.91 Å². The number of hydrogen-bond acceptors (Lipinski definition) is 8. The van der Waals surface area contributed by atoms with Crippen LogP contribution >= 0.6 is 0 Å². The highest BCUT2D eigenvalue weighted by atomic mass is 16.5. The van der Waals surface area contributed by atoms with Gasteiger partial charge in [-0.3, -0.25) is 19.4 Å². The van der Waals surface area contributed by atoms with E-state index in [1.165, 1.54) is 0 Å². The van der Waals surface area contributed by atoms with Gasteiger partial charge >= 0.3 is 5.97 Å². The van der Waals surface area contributed by atoms with Crippen molar-refractivity contribution in [3.8, 4) is 5.75 Å². The number of carboxylic acid groups (broad SMARTS) is 1. The van der Waals surface area contributed by atoms with E-state index in [1.807, 2.05) is 20.9 Å². The summed E-state index contributed by atoms with van der Waals surface area (Å²) in [5.74, 6) is -0.971. The molecule has 3 atom stereocenters. The Balaban J connectivity index is 1.49. The summed E-state index contributed by atoms with van der Waals surface area (Å²) in [5.41, 5.74) is 2.07. The number of rotatable bonds is 11. The molecule has 4 rings (SSSR count). The van der Waals surface area contributed by atoms with Gasteiger partial charge in [0, 0.05) is 57.3 Å². The van der Waals surface area contributed by atoms with E-state index < -0.39 is 12.0 Å². The summed E-state index contributed by atoms with van der Waals surface area (Å²) in [6.07, 6.45) is 0.0580. The lowest BCUT2D eigenvalue weighted by atomic mass is 9.99. The normalized spacial score (nSPS) is 20.3. The first-order valence-corrected chi connectivity index (χ1v) is 14.5. The third-order valence-electron chi connectivity index (χ3n) is 7.85. The van der Waals surface area contributed by atoms with Crippen LogP contribution in [0.1, 0.15) is 46.5 Å². The smallest absolute Gasteiger partial charge is 0.335 e. The molecule has 11 heteroatoms. The standard InChI is InChI=1S/C31H42N4O7/c1-21-17-35(22(2)20-36)30(38)26-16-25(32-29(37)10-11-34-12-14-41-15-13-34)8-9-27(26)42-28(21)19-33(3)18-23-4-6-24(7-5-23)31(39)40/h4-9,16,21-22,28,36H,10-15,17-20H2,1-3H3,(H,32,37)(H,39,40)/t21-,22-,28+/m1/s1. The van der Waals surface area contributed by atoms with Crippen LogP contribution < -0.4 is 10.1 Å². The molecule has 0 saturated carbocycles. The van der Waals surface area contributed by atoms with Crippen LogP contribution in [0.4, 0.5) is 5.69 Å². The number of morpholine rings is 1. The number of carboxylic acids is 1. The molecule has 0 bridgehead atoms. The number of benzene rings is 2. The molecular weight excluding hydrogens is 540 g/mol. The minimum atomic E-state index is -0.961. The number of aliphatic hydroxyl groups is 1. The molecule has 228 valence electrons. The molecule has 1 fully saturated rings. The molecule has 2 aromatic carbocycles. The second-order valence-corrected chi connectivity index (χ2v) is 11.3. The molecule has 0 aromatic heterocycles. The van der Waals surface area contributed by atoms with Crippen molar-refractivity contribution in [2.45, 2.75) is 39.0 Å². The number of likely N-dealkylation sites (N-methyl/N-ethyl adjacent to an activating group) is 1. The molecular formula is C31H42N4O7. The number of anilines is 1. The molecule has 0 radical (unpaired) electrons. The fourth-order valence-corrected chi connectivity index (χ4v) is 5.26. The minimum Gasteiger partial charge on any atom is -0.488 e. The number of aromatic carboxylic acids is 1.